The molecule has 142 valence electrons. The third-order valence-corrected chi connectivity index (χ3v) is 4.72. The minimum atomic E-state index is -3.46. The third-order valence-electron chi connectivity index (χ3n) is 4.54. The maximum absolute atomic E-state index is 14.7. The van der Waals surface area contributed by atoms with E-state index in [1.54, 1.807) is 0 Å². The lowest BCUT2D eigenvalue weighted by atomic mass is 9.84. The van der Waals surface area contributed by atoms with Crippen LogP contribution in [0, 0.1) is 5.82 Å². The Bertz CT molecular complexity index is 990. The van der Waals surface area contributed by atoms with Crippen LogP contribution in [0.4, 0.5) is 18.9 Å². The van der Waals surface area contributed by atoms with Crippen molar-refractivity contribution in [2.24, 2.45) is 15.7 Å². The van der Waals surface area contributed by atoms with Crippen LogP contribution in [0.3, 0.4) is 0 Å². The summed E-state index contributed by atoms with van der Waals surface area (Å²) in [5, 5.41) is 2.87. The van der Waals surface area contributed by atoms with Gasteiger partial charge in [-0.1, -0.05) is 0 Å². The van der Waals surface area contributed by atoms with E-state index in [-0.39, 0.29) is 17.5 Å². The van der Waals surface area contributed by atoms with Crippen molar-refractivity contribution in [3.63, 3.8) is 0 Å². The highest BCUT2D eigenvalue weighted by atomic mass is 35.5. The molecule has 4 rings (SSSR count). The Morgan fingerprint density at radius 2 is 2.11 bits per heavy atom. The van der Waals surface area contributed by atoms with Gasteiger partial charge in [0.1, 0.15) is 17.8 Å². The number of aliphatic imine (C=N–C) groups is 2. The van der Waals surface area contributed by atoms with Crippen molar-refractivity contribution in [2.75, 3.05) is 11.9 Å². The van der Waals surface area contributed by atoms with Crippen LogP contribution in [-0.2, 0) is 16.8 Å². The molecule has 0 unspecified atom stereocenters. The van der Waals surface area contributed by atoms with Gasteiger partial charge in [0.2, 0.25) is 0 Å². The van der Waals surface area contributed by atoms with E-state index in [0.717, 1.165) is 13.0 Å². The van der Waals surface area contributed by atoms with Gasteiger partial charge in [0.25, 0.3) is 11.4 Å². The highest BCUT2D eigenvalue weighted by Gasteiger charge is 2.56. The summed E-state index contributed by atoms with van der Waals surface area (Å²) in [6.45, 7) is 0.246. The monoisotopic (exact) mass is 399 g/mol. The molecule has 1 atom stereocenters. The van der Waals surface area contributed by atoms with Gasteiger partial charge in [-0.15, -0.1) is 0 Å². The fourth-order valence-corrected chi connectivity index (χ4v) is 3.10. The fraction of sp³-hybridized carbons (Fsp3) is 0.312. The maximum atomic E-state index is 14.7. The minimum Gasteiger partial charge on any atom is -0.459 e. The molecule has 0 saturated carbocycles. The highest BCUT2D eigenvalue weighted by Crippen LogP contribution is 2.45. The van der Waals surface area contributed by atoms with Crippen LogP contribution in [0.15, 0.2) is 32.8 Å². The molecular weight excluding hydrogens is 387 g/mol. The van der Waals surface area contributed by atoms with E-state index in [1.165, 1.54) is 12.3 Å². The first-order chi connectivity index (χ1) is 12.7. The van der Waals surface area contributed by atoms with Crippen molar-refractivity contribution in [2.45, 2.75) is 24.9 Å². The molecule has 27 heavy (non-hydrogen) atoms. The molecule has 0 radical (unpaired) electrons. The number of anilines is 1. The molecule has 0 spiro atoms. The first-order valence-corrected chi connectivity index (χ1v) is 8.19. The zero-order valence-electron chi connectivity index (χ0n) is 13.9. The van der Waals surface area contributed by atoms with E-state index in [0.29, 0.717) is 22.8 Å². The van der Waals surface area contributed by atoms with E-state index in [1.807, 2.05) is 0 Å². The number of ether oxygens (including phenoxy) is 1. The van der Waals surface area contributed by atoms with Crippen molar-refractivity contribution in [1.82, 2.24) is 4.98 Å². The molecular formula is C16H13ClF3N5O2. The molecule has 1 aromatic heterocycles. The largest absolute Gasteiger partial charge is 0.459 e. The SMILES string of the molecule is C[C@]1(c2cc3c(cc2F)CN=C(c2coc(Cl)n2)N3)N=C(N)OCC1(F)F. The van der Waals surface area contributed by atoms with Gasteiger partial charge in [0, 0.05) is 16.8 Å². The number of nitrogens with two attached hydrogens (primary N) is 1. The number of amidine groups is 2. The van der Waals surface area contributed by atoms with Gasteiger partial charge < -0.3 is 20.2 Å². The highest BCUT2D eigenvalue weighted by molar-refractivity contribution is 6.28. The predicted molar refractivity (Wildman–Crippen MR) is 91.7 cm³/mol. The summed E-state index contributed by atoms with van der Waals surface area (Å²) in [6, 6.07) is 2.00. The summed E-state index contributed by atoms with van der Waals surface area (Å²) in [4.78, 5) is 11.9. The second-order valence-corrected chi connectivity index (χ2v) is 6.60. The molecule has 0 fully saturated rings. The molecule has 7 nitrogen and oxygen atoms in total. The Balaban J connectivity index is 1.77. The smallest absolute Gasteiger partial charge is 0.310 e. The molecule has 0 amide bonds. The van der Waals surface area contributed by atoms with Gasteiger partial charge in [-0.25, -0.2) is 9.38 Å². The second-order valence-electron chi connectivity index (χ2n) is 6.28. The molecule has 0 bridgehead atoms. The number of hydrogen-bond acceptors (Lipinski definition) is 7. The second kappa shape index (κ2) is 5.88. The molecule has 11 heteroatoms. The standard InChI is InChI=1S/C16H13ClF3N5O2/c1-15(16(19,20)6-27-14(21)25-15)8-3-10-7(2-9(8)18)4-22-12(23-10)11-5-26-13(17)24-11/h2-3,5H,4,6H2,1H3,(H2,21,25)(H,22,23)/t15-/m1/s1. The Hall–Kier alpha value is -2.75. The first kappa shape index (κ1) is 17.7. The number of halogens is 4. The maximum Gasteiger partial charge on any atom is 0.310 e. The number of rotatable bonds is 2. The number of benzene rings is 1. The molecule has 2 aromatic rings. The lowest BCUT2D eigenvalue weighted by Gasteiger charge is -2.38. The number of hydrogen-bond donors (Lipinski definition) is 2. The van der Waals surface area contributed by atoms with E-state index in [4.69, 9.17) is 21.8 Å². The molecule has 3 N–H and O–H groups in total. The van der Waals surface area contributed by atoms with Gasteiger partial charge in [-0.2, -0.15) is 13.8 Å². The number of oxazole rings is 1. The van der Waals surface area contributed by atoms with Crippen LogP contribution < -0.4 is 11.1 Å². The van der Waals surface area contributed by atoms with E-state index >= 15 is 0 Å². The average Bonchev–Trinajstić information content (AvgIpc) is 3.04. The number of alkyl halides is 2. The zero-order chi connectivity index (χ0) is 19.4. The van der Waals surface area contributed by atoms with Crippen LogP contribution in [0.25, 0.3) is 0 Å². The van der Waals surface area contributed by atoms with Gasteiger partial charge >= 0.3 is 5.92 Å². The van der Waals surface area contributed by atoms with Crippen molar-refractivity contribution < 1.29 is 22.3 Å². The quantitative estimate of drug-likeness (QED) is 0.808. The number of nitrogens with one attached hydrogen (secondary N) is 1. The molecule has 3 heterocycles. The van der Waals surface area contributed by atoms with Crippen molar-refractivity contribution >= 4 is 29.1 Å². The normalized spacial score (nSPS) is 23.6. The van der Waals surface area contributed by atoms with Gasteiger partial charge in [0.15, 0.2) is 18.0 Å². The lowest BCUT2D eigenvalue weighted by molar-refractivity contribution is -0.117. The first-order valence-electron chi connectivity index (χ1n) is 7.81. The summed E-state index contributed by atoms with van der Waals surface area (Å²) in [7, 11) is 0. The minimum absolute atomic E-state index is 0.0701. The van der Waals surface area contributed by atoms with Crippen LogP contribution in [0.2, 0.25) is 5.35 Å². The van der Waals surface area contributed by atoms with Gasteiger partial charge in [-0.3, -0.25) is 4.99 Å². The fourth-order valence-electron chi connectivity index (χ4n) is 2.97. The Labute approximate surface area is 156 Å². The molecule has 0 saturated heterocycles. The van der Waals surface area contributed by atoms with Crippen LogP contribution >= 0.6 is 11.6 Å². The Morgan fingerprint density at radius 3 is 2.81 bits per heavy atom. The van der Waals surface area contributed by atoms with Gasteiger partial charge in [0.05, 0.1) is 6.54 Å². The Morgan fingerprint density at radius 1 is 1.33 bits per heavy atom. The van der Waals surface area contributed by atoms with E-state index in [9.17, 15) is 13.2 Å². The summed E-state index contributed by atoms with van der Waals surface area (Å²) in [5.41, 5.74) is 4.15. The summed E-state index contributed by atoms with van der Waals surface area (Å²) < 4.78 is 53.3. The van der Waals surface area contributed by atoms with Crippen molar-refractivity contribution in [3.05, 3.63) is 46.4 Å². The third kappa shape index (κ3) is 2.80. The summed E-state index contributed by atoms with van der Waals surface area (Å²) in [6.07, 6.45) is 1.29. The van der Waals surface area contributed by atoms with E-state index in [2.05, 4.69) is 25.0 Å². The lowest BCUT2D eigenvalue weighted by Crippen LogP contribution is -2.51. The van der Waals surface area contributed by atoms with Crippen LogP contribution in [0.1, 0.15) is 23.7 Å². The van der Waals surface area contributed by atoms with Crippen molar-refractivity contribution in [3.8, 4) is 0 Å². The Kier molecular flexibility index (Phi) is 3.84. The van der Waals surface area contributed by atoms with Crippen molar-refractivity contribution in [1.29, 1.82) is 0 Å². The number of nitrogens with zero attached hydrogens (tertiary/aromatic N) is 3. The van der Waals surface area contributed by atoms with Gasteiger partial charge in [-0.05, 0) is 30.7 Å². The summed E-state index contributed by atoms with van der Waals surface area (Å²) in [5.74, 6) is -3.97. The molecule has 1 aromatic carbocycles. The van der Waals surface area contributed by atoms with Crippen LogP contribution in [0.5, 0.6) is 0 Å². The number of fused-ring (bicyclic) bond motifs is 1. The molecule has 2 aliphatic rings. The molecule has 0 aliphatic carbocycles. The number of aromatic nitrogens is 1. The topological polar surface area (TPSA) is 98.0 Å². The average molecular weight is 400 g/mol. The predicted octanol–water partition coefficient (Wildman–Crippen LogP) is 3.03. The summed E-state index contributed by atoms with van der Waals surface area (Å²) >= 11 is 5.66. The van der Waals surface area contributed by atoms with Crippen LogP contribution in [-0.4, -0.2) is 29.4 Å². The van der Waals surface area contributed by atoms with E-state index < -0.39 is 29.9 Å². The molecule has 2 aliphatic heterocycles. The zero-order valence-corrected chi connectivity index (χ0v) is 14.6.